The second-order valence-electron chi connectivity index (χ2n) is 5.77. The van der Waals surface area contributed by atoms with E-state index in [-0.39, 0.29) is 12.5 Å². The van der Waals surface area contributed by atoms with E-state index in [2.05, 4.69) is 10.6 Å². The lowest BCUT2D eigenvalue weighted by molar-refractivity contribution is -0.147. The van der Waals surface area contributed by atoms with Crippen LogP contribution >= 0.6 is 11.6 Å². The lowest BCUT2D eigenvalue weighted by Crippen LogP contribution is -2.32. The molecule has 0 radical (unpaired) electrons. The van der Waals surface area contributed by atoms with Crippen LogP contribution in [0.15, 0.2) is 18.2 Å². The van der Waals surface area contributed by atoms with Gasteiger partial charge in [-0.15, -0.1) is 0 Å². The average molecular weight is 371 g/mol. The number of rotatable bonds is 9. The third-order valence-corrected chi connectivity index (χ3v) is 3.47. The van der Waals surface area contributed by atoms with E-state index in [0.29, 0.717) is 28.8 Å². The maximum absolute atomic E-state index is 11.7. The van der Waals surface area contributed by atoms with E-state index >= 15 is 0 Å². The van der Waals surface area contributed by atoms with E-state index < -0.39 is 18.5 Å². The number of nitrogens with one attached hydrogen (secondary N) is 2. The lowest BCUT2D eigenvalue weighted by atomic mass is 10.1. The fourth-order valence-corrected chi connectivity index (χ4v) is 2.07. The number of methoxy groups -OCH3 is 1. The fourth-order valence-electron chi connectivity index (χ4n) is 1.82. The summed E-state index contributed by atoms with van der Waals surface area (Å²) in [5, 5.41) is 5.35. The zero-order valence-electron chi connectivity index (χ0n) is 14.6. The first kappa shape index (κ1) is 20.8. The van der Waals surface area contributed by atoms with E-state index in [0.717, 1.165) is 6.42 Å². The molecule has 0 atom stereocenters. The van der Waals surface area contributed by atoms with Gasteiger partial charge in [0.15, 0.2) is 6.61 Å². The Morgan fingerprint density at radius 3 is 2.52 bits per heavy atom. The number of hydrogen-bond donors (Lipinski definition) is 2. The number of ether oxygens (including phenoxy) is 2. The number of amides is 2. The van der Waals surface area contributed by atoms with Crippen LogP contribution in [0.4, 0.5) is 5.69 Å². The van der Waals surface area contributed by atoms with Crippen LogP contribution in [-0.2, 0) is 19.1 Å². The Labute approximate surface area is 152 Å². The molecule has 1 aromatic rings. The number of benzene rings is 1. The fraction of sp³-hybridized carbons (Fsp3) is 0.471. The van der Waals surface area contributed by atoms with Crippen LogP contribution in [0.25, 0.3) is 0 Å². The summed E-state index contributed by atoms with van der Waals surface area (Å²) < 4.78 is 9.82. The van der Waals surface area contributed by atoms with Gasteiger partial charge in [0.1, 0.15) is 12.3 Å². The molecule has 1 aromatic carbocycles. The summed E-state index contributed by atoms with van der Waals surface area (Å²) in [6.07, 6.45) is 1.09. The van der Waals surface area contributed by atoms with Crippen molar-refractivity contribution in [1.29, 1.82) is 0 Å². The molecule has 25 heavy (non-hydrogen) atoms. The van der Waals surface area contributed by atoms with Crippen molar-refractivity contribution in [2.24, 2.45) is 5.92 Å². The van der Waals surface area contributed by atoms with Gasteiger partial charge >= 0.3 is 5.97 Å². The molecule has 0 fully saturated rings. The van der Waals surface area contributed by atoms with E-state index in [4.69, 9.17) is 21.1 Å². The minimum absolute atomic E-state index is 0.219. The first-order valence-corrected chi connectivity index (χ1v) is 8.25. The number of esters is 1. The number of anilines is 1. The Balaban J connectivity index is 2.30. The van der Waals surface area contributed by atoms with Crippen LogP contribution < -0.4 is 15.4 Å². The number of carbonyl (C=O) groups is 3. The molecule has 1 rings (SSSR count). The van der Waals surface area contributed by atoms with Crippen molar-refractivity contribution in [1.82, 2.24) is 5.32 Å². The van der Waals surface area contributed by atoms with Crippen LogP contribution in [0, 0.1) is 5.92 Å². The molecule has 0 spiro atoms. The molecule has 0 aliphatic rings. The molecule has 7 nitrogen and oxygen atoms in total. The zero-order valence-corrected chi connectivity index (χ0v) is 15.3. The van der Waals surface area contributed by atoms with Crippen LogP contribution in [0.2, 0.25) is 5.02 Å². The quantitative estimate of drug-likeness (QED) is 0.651. The van der Waals surface area contributed by atoms with Crippen molar-refractivity contribution in [2.75, 3.05) is 25.6 Å². The topological polar surface area (TPSA) is 93.7 Å². The molecule has 0 aliphatic carbocycles. The summed E-state index contributed by atoms with van der Waals surface area (Å²) in [6.45, 7) is 3.30. The van der Waals surface area contributed by atoms with E-state index in [9.17, 15) is 14.4 Å². The van der Waals surface area contributed by atoms with Gasteiger partial charge in [-0.1, -0.05) is 25.4 Å². The van der Waals surface area contributed by atoms with Gasteiger partial charge in [-0.2, -0.15) is 0 Å². The first-order valence-electron chi connectivity index (χ1n) is 7.87. The molecular weight excluding hydrogens is 348 g/mol. The summed E-state index contributed by atoms with van der Waals surface area (Å²) in [7, 11) is 1.49. The van der Waals surface area contributed by atoms with Gasteiger partial charge in [0, 0.05) is 12.1 Å². The minimum Gasteiger partial charge on any atom is -0.495 e. The van der Waals surface area contributed by atoms with Crippen molar-refractivity contribution in [3.05, 3.63) is 23.2 Å². The second-order valence-corrected chi connectivity index (χ2v) is 6.17. The number of halogens is 1. The van der Waals surface area contributed by atoms with Crippen molar-refractivity contribution < 1.29 is 23.9 Å². The summed E-state index contributed by atoms with van der Waals surface area (Å²) in [4.78, 5) is 34.8. The molecule has 0 unspecified atom stereocenters. The standard InChI is InChI=1S/C17H23ClN2O5/c1-11(2)4-7-15(21)19-9-17(23)25-10-16(22)20-12-5-6-14(24-3)13(18)8-12/h5-6,8,11H,4,7,9-10H2,1-3H3,(H,19,21)(H,20,22). The normalized spacial score (nSPS) is 10.3. The first-order chi connectivity index (χ1) is 11.8. The van der Waals surface area contributed by atoms with Crippen molar-refractivity contribution in [2.45, 2.75) is 26.7 Å². The largest absolute Gasteiger partial charge is 0.495 e. The van der Waals surface area contributed by atoms with Crippen molar-refractivity contribution in [3.63, 3.8) is 0 Å². The molecule has 0 aliphatic heterocycles. The van der Waals surface area contributed by atoms with Crippen molar-refractivity contribution >= 4 is 35.1 Å². The Kier molecular flexibility index (Phi) is 8.77. The highest BCUT2D eigenvalue weighted by Gasteiger charge is 2.11. The predicted octanol–water partition coefficient (Wildman–Crippen LogP) is 2.38. The molecule has 0 saturated carbocycles. The van der Waals surface area contributed by atoms with Crippen LogP contribution in [0.3, 0.4) is 0 Å². The lowest BCUT2D eigenvalue weighted by Gasteiger charge is -2.09. The average Bonchev–Trinajstić information content (AvgIpc) is 2.56. The number of carbonyl (C=O) groups excluding carboxylic acids is 3. The molecule has 0 aromatic heterocycles. The van der Waals surface area contributed by atoms with Gasteiger partial charge in [-0.25, -0.2) is 0 Å². The van der Waals surface area contributed by atoms with Gasteiger partial charge in [-0.3, -0.25) is 14.4 Å². The summed E-state index contributed by atoms with van der Waals surface area (Å²) in [5.74, 6) is -0.517. The molecule has 138 valence electrons. The van der Waals surface area contributed by atoms with Gasteiger partial charge in [0.05, 0.1) is 12.1 Å². The molecule has 0 saturated heterocycles. The molecule has 0 heterocycles. The van der Waals surface area contributed by atoms with Crippen LogP contribution in [0.5, 0.6) is 5.75 Å². The zero-order chi connectivity index (χ0) is 18.8. The van der Waals surface area contributed by atoms with Gasteiger partial charge < -0.3 is 20.1 Å². The molecule has 2 amide bonds. The minimum atomic E-state index is -0.680. The summed E-state index contributed by atoms with van der Waals surface area (Å²) >= 11 is 5.95. The maximum atomic E-state index is 11.7. The third kappa shape index (κ3) is 8.39. The van der Waals surface area contributed by atoms with Crippen LogP contribution in [0.1, 0.15) is 26.7 Å². The third-order valence-electron chi connectivity index (χ3n) is 3.18. The van der Waals surface area contributed by atoms with Gasteiger partial charge in [-0.05, 0) is 30.5 Å². The molecular formula is C17H23ClN2O5. The molecule has 2 N–H and O–H groups in total. The van der Waals surface area contributed by atoms with Crippen LogP contribution in [-0.4, -0.2) is 38.0 Å². The predicted molar refractivity (Wildman–Crippen MR) is 94.7 cm³/mol. The smallest absolute Gasteiger partial charge is 0.325 e. The Hall–Kier alpha value is -2.28. The second kappa shape index (κ2) is 10.6. The summed E-state index contributed by atoms with van der Waals surface area (Å²) in [5.41, 5.74) is 0.453. The highest BCUT2D eigenvalue weighted by Crippen LogP contribution is 2.27. The number of hydrogen-bond acceptors (Lipinski definition) is 5. The SMILES string of the molecule is COc1ccc(NC(=O)COC(=O)CNC(=O)CCC(C)C)cc1Cl. The molecule has 8 heteroatoms. The Morgan fingerprint density at radius 1 is 1.20 bits per heavy atom. The maximum Gasteiger partial charge on any atom is 0.325 e. The summed E-state index contributed by atoms with van der Waals surface area (Å²) in [6, 6.07) is 4.74. The van der Waals surface area contributed by atoms with Gasteiger partial charge in [0.2, 0.25) is 5.91 Å². The Bertz CT molecular complexity index is 619. The highest BCUT2D eigenvalue weighted by molar-refractivity contribution is 6.32. The Morgan fingerprint density at radius 2 is 1.92 bits per heavy atom. The van der Waals surface area contributed by atoms with E-state index in [1.807, 2.05) is 13.8 Å². The highest BCUT2D eigenvalue weighted by atomic mass is 35.5. The monoisotopic (exact) mass is 370 g/mol. The van der Waals surface area contributed by atoms with E-state index in [1.165, 1.54) is 13.2 Å². The van der Waals surface area contributed by atoms with E-state index in [1.54, 1.807) is 12.1 Å². The van der Waals surface area contributed by atoms with Gasteiger partial charge in [0.25, 0.3) is 5.91 Å². The molecule has 0 bridgehead atoms. The van der Waals surface area contributed by atoms with Crippen molar-refractivity contribution in [3.8, 4) is 5.75 Å².